The van der Waals surface area contributed by atoms with Gasteiger partial charge in [0.1, 0.15) is 0 Å². The first kappa shape index (κ1) is 23.5. The lowest BCUT2D eigenvalue weighted by Crippen LogP contribution is -2.49. The first-order valence-corrected chi connectivity index (χ1v) is 12.6. The molecule has 2 aliphatic heterocycles. The summed E-state index contributed by atoms with van der Waals surface area (Å²) in [6.45, 7) is 3.68. The molecule has 2 heterocycles. The maximum absolute atomic E-state index is 14.1. The van der Waals surface area contributed by atoms with Crippen molar-refractivity contribution in [2.24, 2.45) is 5.92 Å². The molecule has 0 aliphatic carbocycles. The van der Waals surface area contributed by atoms with E-state index < -0.39 is 12.0 Å². The number of carbonyl (C=O) groups is 2. The van der Waals surface area contributed by atoms with Gasteiger partial charge in [-0.15, -0.1) is 11.8 Å². The zero-order valence-electron chi connectivity index (χ0n) is 20.0. The van der Waals surface area contributed by atoms with Crippen LogP contribution in [0.5, 0.6) is 11.5 Å². The Balaban J connectivity index is 1.87. The number of nitrogens with zero attached hydrogens (tertiary/aromatic N) is 2. The summed E-state index contributed by atoms with van der Waals surface area (Å²) in [5.41, 5.74) is 2.15. The number of rotatable bonds is 5. The number of thioether (sulfide) groups is 1. The van der Waals surface area contributed by atoms with Gasteiger partial charge in [-0.3, -0.25) is 9.59 Å². The highest BCUT2D eigenvalue weighted by atomic mass is 32.2. The zero-order valence-corrected chi connectivity index (χ0v) is 20.8. The molecule has 2 aromatic rings. The van der Waals surface area contributed by atoms with Crippen LogP contribution in [0.3, 0.4) is 0 Å². The van der Waals surface area contributed by atoms with Crippen molar-refractivity contribution in [3.63, 3.8) is 0 Å². The fourth-order valence-corrected chi connectivity index (χ4v) is 5.53. The summed E-state index contributed by atoms with van der Waals surface area (Å²) < 4.78 is 11.0. The van der Waals surface area contributed by atoms with Crippen molar-refractivity contribution in [2.45, 2.75) is 36.6 Å². The van der Waals surface area contributed by atoms with E-state index in [1.54, 1.807) is 44.0 Å². The molecular weight excluding hydrogens is 436 g/mol. The Kier molecular flexibility index (Phi) is 6.88. The molecule has 0 aromatic heterocycles. The maximum Gasteiger partial charge on any atom is 0.254 e. The van der Waals surface area contributed by atoms with Crippen LogP contribution in [0.15, 0.2) is 41.3 Å². The summed E-state index contributed by atoms with van der Waals surface area (Å²) in [4.78, 5) is 32.4. The second-order valence-electron chi connectivity index (χ2n) is 8.94. The number of carbonyl (C=O) groups excluding carboxylic acids is 2. The minimum atomic E-state index is -0.520. The highest BCUT2D eigenvalue weighted by Gasteiger charge is 2.45. The van der Waals surface area contributed by atoms with Crippen molar-refractivity contribution in [2.75, 3.05) is 40.6 Å². The van der Waals surface area contributed by atoms with Crippen molar-refractivity contribution in [3.05, 3.63) is 53.1 Å². The standard InChI is InChI=1S/C26H32N2O4S/c1-16-7-6-12-28(15-16)26(30)23-19-13-21(31-3)22(32-4)14-20(19)25(29)27(2)24(23)17-8-10-18(33-5)11-9-17/h8-11,13-14,16,23-24H,6-7,12,15H2,1-5H3/t16-,23+,24+/m1/s1. The number of hydrogen-bond donors (Lipinski definition) is 0. The van der Waals surface area contributed by atoms with Crippen LogP contribution in [0.4, 0.5) is 0 Å². The number of benzene rings is 2. The number of piperidine rings is 1. The monoisotopic (exact) mass is 468 g/mol. The Hall–Kier alpha value is -2.67. The number of amides is 2. The van der Waals surface area contributed by atoms with Gasteiger partial charge >= 0.3 is 0 Å². The van der Waals surface area contributed by atoms with Crippen LogP contribution in [-0.2, 0) is 4.79 Å². The molecule has 0 radical (unpaired) electrons. The molecule has 0 bridgehead atoms. The van der Waals surface area contributed by atoms with Crippen LogP contribution in [0.1, 0.15) is 53.2 Å². The third-order valence-corrected chi connectivity index (χ3v) is 7.61. The molecule has 2 aliphatic rings. The van der Waals surface area contributed by atoms with Crippen molar-refractivity contribution >= 4 is 23.6 Å². The van der Waals surface area contributed by atoms with Gasteiger partial charge in [-0.2, -0.15) is 0 Å². The first-order chi connectivity index (χ1) is 15.9. The van der Waals surface area contributed by atoms with Gasteiger partial charge in [0.15, 0.2) is 11.5 Å². The lowest BCUT2D eigenvalue weighted by molar-refractivity contribution is -0.136. The van der Waals surface area contributed by atoms with E-state index in [0.717, 1.165) is 36.4 Å². The molecular formula is C26H32N2O4S. The zero-order chi connectivity index (χ0) is 23.7. The Bertz CT molecular complexity index is 1040. The average molecular weight is 469 g/mol. The van der Waals surface area contributed by atoms with Crippen molar-refractivity contribution in [1.29, 1.82) is 0 Å². The van der Waals surface area contributed by atoms with Gasteiger partial charge in [0.05, 0.1) is 26.2 Å². The highest BCUT2D eigenvalue weighted by molar-refractivity contribution is 7.98. The van der Waals surface area contributed by atoms with E-state index in [0.29, 0.717) is 28.5 Å². The summed E-state index contributed by atoms with van der Waals surface area (Å²) in [7, 11) is 4.91. The average Bonchev–Trinajstić information content (AvgIpc) is 2.85. The summed E-state index contributed by atoms with van der Waals surface area (Å²) in [5, 5.41) is 0. The van der Waals surface area contributed by atoms with E-state index in [2.05, 4.69) is 6.92 Å². The number of fused-ring (bicyclic) bond motifs is 1. The molecule has 2 amide bonds. The van der Waals surface area contributed by atoms with Gasteiger partial charge in [-0.25, -0.2) is 0 Å². The Morgan fingerprint density at radius 2 is 1.76 bits per heavy atom. The first-order valence-electron chi connectivity index (χ1n) is 11.3. The molecule has 7 heteroatoms. The fraction of sp³-hybridized carbons (Fsp3) is 0.462. The molecule has 0 spiro atoms. The normalized spacial score (nSPS) is 22.7. The molecule has 1 saturated heterocycles. The second kappa shape index (κ2) is 9.67. The van der Waals surface area contributed by atoms with Crippen LogP contribution in [0.2, 0.25) is 0 Å². The van der Waals surface area contributed by atoms with Crippen molar-refractivity contribution in [1.82, 2.24) is 9.80 Å². The number of methoxy groups -OCH3 is 2. The maximum atomic E-state index is 14.1. The summed E-state index contributed by atoms with van der Waals surface area (Å²) in [5.74, 6) is 0.894. The molecule has 176 valence electrons. The van der Waals surface area contributed by atoms with Crippen LogP contribution >= 0.6 is 11.8 Å². The molecule has 0 saturated carbocycles. The van der Waals surface area contributed by atoms with Gasteiger partial charge in [-0.05, 0) is 60.4 Å². The number of hydrogen-bond acceptors (Lipinski definition) is 5. The predicted molar refractivity (Wildman–Crippen MR) is 130 cm³/mol. The van der Waals surface area contributed by atoms with Crippen LogP contribution < -0.4 is 9.47 Å². The third-order valence-electron chi connectivity index (χ3n) is 6.87. The molecule has 6 nitrogen and oxygen atoms in total. The topological polar surface area (TPSA) is 59.1 Å². The Morgan fingerprint density at radius 1 is 1.09 bits per heavy atom. The van der Waals surface area contributed by atoms with E-state index in [1.165, 1.54) is 0 Å². The summed E-state index contributed by atoms with van der Waals surface area (Å²) in [6.07, 6.45) is 4.17. The van der Waals surface area contributed by atoms with E-state index in [4.69, 9.17) is 9.47 Å². The molecule has 0 unspecified atom stereocenters. The van der Waals surface area contributed by atoms with Gasteiger partial charge in [-0.1, -0.05) is 19.1 Å². The molecule has 4 rings (SSSR count). The number of likely N-dealkylation sites (tertiary alicyclic amines) is 1. The fourth-order valence-electron chi connectivity index (χ4n) is 5.12. The predicted octanol–water partition coefficient (Wildman–Crippen LogP) is 4.59. The quantitative estimate of drug-likeness (QED) is 0.601. The Labute approximate surface area is 200 Å². The minimum Gasteiger partial charge on any atom is -0.493 e. The lowest BCUT2D eigenvalue weighted by Gasteiger charge is -2.43. The molecule has 33 heavy (non-hydrogen) atoms. The van der Waals surface area contributed by atoms with Gasteiger partial charge in [0.2, 0.25) is 5.91 Å². The van der Waals surface area contributed by atoms with Gasteiger partial charge in [0.25, 0.3) is 5.91 Å². The Morgan fingerprint density at radius 3 is 2.36 bits per heavy atom. The van der Waals surface area contributed by atoms with E-state index in [9.17, 15) is 9.59 Å². The van der Waals surface area contributed by atoms with E-state index in [1.807, 2.05) is 41.5 Å². The smallest absolute Gasteiger partial charge is 0.254 e. The number of likely N-dealkylation sites (N-methyl/N-ethyl adjacent to an activating group) is 1. The SMILES string of the molecule is COc1cc2c(cc1OC)[C@H](C(=O)N1CCC[C@@H](C)C1)[C@H](c1ccc(SC)cc1)N(C)C2=O. The van der Waals surface area contributed by atoms with Crippen LogP contribution in [-0.4, -0.2) is 62.2 Å². The summed E-state index contributed by atoms with van der Waals surface area (Å²) >= 11 is 1.67. The van der Waals surface area contributed by atoms with E-state index in [-0.39, 0.29) is 11.8 Å². The van der Waals surface area contributed by atoms with Crippen molar-refractivity contribution in [3.8, 4) is 11.5 Å². The third kappa shape index (κ3) is 4.31. The second-order valence-corrected chi connectivity index (χ2v) is 9.82. The van der Waals surface area contributed by atoms with Gasteiger partial charge < -0.3 is 19.3 Å². The number of ether oxygens (including phenoxy) is 2. The van der Waals surface area contributed by atoms with Crippen LogP contribution in [0.25, 0.3) is 0 Å². The van der Waals surface area contributed by atoms with Crippen LogP contribution in [0, 0.1) is 5.92 Å². The lowest BCUT2D eigenvalue weighted by atomic mass is 9.78. The summed E-state index contributed by atoms with van der Waals surface area (Å²) in [6, 6.07) is 11.3. The molecule has 2 aromatic carbocycles. The molecule has 0 N–H and O–H groups in total. The highest BCUT2D eigenvalue weighted by Crippen LogP contribution is 2.46. The largest absolute Gasteiger partial charge is 0.493 e. The van der Waals surface area contributed by atoms with E-state index >= 15 is 0 Å². The molecule has 1 fully saturated rings. The minimum absolute atomic E-state index is 0.0633. The molecule has 3 atom stereocenters. The van der Waals surface area contributed by atoms with Crippen molar-refractivity contribution < 1.29 is 19.1 Å². The van der Waals surface area contributed by atoms with Gasteiger partial charge in [0, 0.05) is 30.6 Å².